The molecule has 0 saturated carbocycles. The van der Waals surface area contributed by atoms with Gasteiger partial charge in [0.2, 0.25) is 0 Å². The Labute approximate surface area is 137 Å². The van der Waals surface area contributed by atoms with Crippen LogP contribution in [0.1, 0.15) is 40.5 Å². The second-order valence-electron chi connectivity index (χ2n) is 8.27. The van der Waals surface area contributed by atoms with Gasteiger partial charge >= 0.3 is 0 Å². The minimum atomic E-state index is 0.0270. The predicted octanol–water partition coefficient (Wildman–Crippen LogP) is 2.48. The van der Waals surface area contributed by atoms with Crippen molar-refractivity contribution < 1.29 is 9.47 Å². The Morgan fingerprint density at radius 1 is 1.05 bits per heavy atom. The smallest absolute Gasteiger partial charge is 0.0627 e. The summed E-state index contributed by atoms with van der Waals surface area (Å²) in [5.41, 5.74) is 0.0270. The van der Waals surface area contributed by atoms with Crippen LogP contribution in [-0.4, -0.2) is 74.5 Å². The van der Waals surface area contributed by atoms with Crippen molar-refractivity contribution >= 4 is 0 Å². The Kier molecular flexibility index (Phi) is 6.69. The average Bonchev–Trinajstić information content (AvgIpc) is 2.34. The summed E-state index contributed by atoms with van der Waals surface area (Å²) in [6.45, 7) is 16.6. The highest BCUT2D eigenvalue weighted by Gasteiger charge is 2.29. The van der Waals surface area contributed by atoms with Gasteiger partial charge in [-0.1, -0.05) is 0 Å². The van der Waals surface area contributed by atoms with E-state index in [9.17, 15) is 0 Å². The largest absolute Gasteiger partial charge is 0.378 e. The third-order valence-electron chi connectivity index (χ3n) is 4.80. The topological polar surface area (TPSA) is 24.9 Å². The summed E-state index contributed by atoms with van der Waals surface area (Å²) < 4.78 is 11.8. The lowest BCUT2D eigenvalue weighted by atomic mass is 9.97. The van der Waals surface area contributed by atoms with Gasteiger partial charge in [-0.05, 0) is 54.1 Å². The minimum Gasteiger partial charge on any atom is -0.378 e. The Balaban J connectivity index is 1.47. The molecule has 2 rings (SSSR count). The summed E-state index contributed by atoms with van der Waals surface area (Å²) in [6, 6.07) is 0. The summed E-state index contributed by atoms with van der Waals surface area (Å²) >= 11 is 0. The highest BCUT2D eigenvalue weighted by atomic mass is 16.5. The second-order valence-corrected chi connectivity index (χ2v) is 8.27. The van der Waals surface area contributed by atoms with Crippen molar-refractivity contribution in [3.05, 3.63) is 0 Å². The molecule has 4 nitrogen and oxygen atoms in total. The van der Waals surface area contributed by atoms with Crippen LogP contribution in [0.4, 0.5) is 0 Å². The van der Waals surface area contributed by atoms with Gasteiger partial charge in [0.1, 0.15) is 0 Å². The number of likely N-dealkylation sites (tertiary alicyclic amines) is 2. The number of nitrogens with zero attached hydrogens (tertiary/aromatic N) is 2. The highest BCUT2D eigenvalue weighted by Crippen LogP contribution is 2.23. The zero-order chi connectivity index (χ0) is 16.2. The van der Waals surface area contributed by atoms with Gasteiger partial charge in [-0.3, -0.25) is 0 Å². The molecule has 0 aliphatic carbocycles. The van der Waals surface area contributed by atoms with Gasteiger partial charge in [0.05, 0.1) is 24.9 Å². The summed E-state index contributed by atoms with van der Waals surface area (Å²) in [5.74, 6) is 1.50. The van der Waals surface area contributed by atoms with E-state index in [1.165, 1.54) is 39.1 Å². The summed E-state index contributed by atoms with van der Waals surface area (Å²) in [5, 5.41) is 0. The summed E-state index contributed by atoms with van der Waals surface area (Å²) in [6.07, 6.45) is 2.75. The quantitative estimate of drug-likeness (QED) is 0.619. The van der Waals surface area contributed by atoms with Gasteiger partial charge in [0, 0.05) is 38.0 Å². The van der Waals surface area contributed by atoms with Gasteiger partial charge in [-0.15, -0.1) is 0 Å². The first-order valence-electron chi connectivity index (χ1n) is 9.00. The van der Waals surface area contributed by atoms with Crippen molar-refractivity contribution in [3.63, 3.8) is 0 Å². The van der Waals surface area contributed by atoms with Crippen LogP contribution in [0.5, 0.6) is 0 Å². The van der Waals surface area contributed by atoms with Crippen LogP contribution in [0.15, 0.2) is 0 Å². The molecule has 0 unspecified atom stereocenters. The maximum Gasteiger partial charge on any atom is 0.0627 e. The van der Waals surface area contributed by atoms with E-state index in [-0.39, 0.29) is 5.60 Å². The molecule has 0 atom stereocenters. The van der Waals surface area contributed by atoms with Gasteiger partial charge < -0.3 is 19.3 Å². The zero-order valence-electron chi connectivity index (χ0n) is 15.3. The Bertz CT molecular complexity index is 321. The molecule has 2 saturated heterocycles. The lowest BCUT2D eigenvalue weighted by molar-refractivity contribution is -0.0687. The van der Waals surface area contributed by atoms with E-state index in [0.29, 0.717) is 6.10 Å². The van der Waals surface area contributed by atoms with E-state index < -0.39 is 0 Å². The van der Waals surface area contributed by atoms with Crippen LogP contribution in [0.2, 0.25) is 0 Å². The van der Waals surface area contributed by atoms with Crippen molar-refractivity contribution in [2.45, 2.75) is 52.2 Å². The maximum absolute atomic E-state index is 6.14. The first-order chi connectivity index (χ1) is 10.3. The molecule has 2 aliphatic heterocycles. The second kappa shape index (κ2) is 8.09. The van der Waals surface area contributed by atoms with Gasteiger partial charge in [0.25, 0.3) is 0 Å². The van der Waals surface area contributed by atoms with E-state index >= 15 is 0 Å². The molecule has 2 aliphatic rings. The lowest BCUT2D eigenvalue weighted by Gasteiger charge is -2.40. The fraction of sp³-hybridized carbons (Fsp3) is 1.00. The van der Waals surface area contributed by atoms with E-state index in [1.807, 2.05) is 0 Å². The van der Waals surface area contributed by atoms with Crippen LogP contribution in [0.25, 0.3) is 0 Å². The molecule has 2 heterocycles. The Hall–Kier alpha value is -0.160. The fourth-order valence-electron chi connectivity index (χ4n) is 3.37. The Morgan fingerprint density at radius 3 is 2.27 bits per heavy atom. The van der Waals surface area contributed by atoms with Gasteiger partial charge in [-0.25, -0.2) is 0 Å². The van der Waals surface area contributed by atoms with E-state index in [0.717, 1.165) is 31.5 Å². The number of rotatable bonds is 10. The molecule has 2 fully saturated rings. The normalized spacial score (nSPS) is 22.1. The van der Waals surface area contributed by atoms with Crippen LogP contribution >= 0.6 is 0 Å². The number of hydrogen-bond donors (Lipinski definition) is 0. The number of ether oxygens (including phenoxy) is 2. The van der Waals surface area contributed by atoms with Crippen molar-refractivity contribution in [2.24, 2.45) is 11.8 Å². The lowest BCUT2D eigenvalue weighted by Crippen LogP contribution is -2.49. The first kappa shape index (κ1) is 18.2. The first-order valence-corrected chi connectivity index (χ1v) is 9.00. The molecule has 0 amide bonds. The van der Waals surface area contributed by atoms with Crippen LogP contribution in [-0.2, 0) is 9.47 Å². The molecule has 0 N–H and O–H groups in total. The van der Waals surface area contributed by atoms with Gasteiger partial charge in [-0.2, -0.15) is 0 Å². The van der Waals surface area contributed by atoms with Crippen LogP contribution < -0.4 is 0 Å². The number of hydrogen-bond acceptors (Lipinski definition) is 4. The molecular formula is C18H36N2O2. The summed E-state index contributed by atoms with van der Waals surface area (Å²) in [4.78, 5) is 4.90. The van der Waals surface area contributed by atoms with Crippen molar-refractivity contribution in [1.29, 1.82) is 0 Å². The molecule has 130 valence electrons. The Morgan fingerprint density at radius 2 is 1.68 bits per heavy atom. The van der Waals surface area contributed by atoms with E-state index in [4.69, 9.17) is 9.47 Å². The highest BCUT2D eigenvalue weighted by molar-refractivity contribution is 4.81. The minimum absolute atomic E-state index is 0.0270. The van der Waals surface area contributed by atoms with E-state index in [1.54, 1.807) is 0 Å². The summed E-state index contributed by atoms with van der Waals surface area (Å²) in [7, 11) is 2.17. The van der Waals surface area contributed by atoms with Crippen molar-refractivity contribution in [3.8, 4) is 0 Å². The predicted molar refractivity (Wildman–Crippen MR) is 91.3 cm³/mol. The SMILES string of the molecule is CC(C)OCC1CN(CCCC(C)(C)OCC2CN(C)C2)C1. The van der Waals surface area contributed by atoms with Crippen LogP contribution in [0, 0.1) is 11.8 Å². The van der Waals surface area contributed by atoms with Crippen molar-refractivity contribution in [1.82, 2.24) is 9.80 Å². The molecule has 0 spiro atoms. The van der Waals surface area contributed by atoms with Gasteiger partial charge in [0.15, 0.2) is 0 Å². The molecule has 0 bridgehead atoms. The molecule has 0 aromatic carbocycles. The molecule has 0 aromatic heterocycles. The fourth-order valence-corrected chi connectivity index (χ4v) is 3.37. The zero-order valence-corrected chi connectivity index (χ0v) is 15.3. The monoisotopic (exact) mass is 312 g/mol. The molecule has 0 aromatic rings. The maximum atomic E-state index is 6.14. The third-order valence-corrected chi connectivity index (χ3v) is 4.80. The molecular weight excluding hydrogens is 276 g/mol. The standard InChI is InChI=1S/C18H36N2O2/c1-15(2)21-13-17-11-20(12-17)8-6-7-18(3,4)22-14-16-9-19(5)10-16/h15-17H,6-14H2,1-5H3. The molecule has 22 heavy (non-hydrogen) atoms. The van der Waals surface area contributed by atoms with Crippen LogP contribution in [0.3, 0.4) is 0 Å². The van der Waals surface area contributed by atoms with Crippen molar-refractivity contribution in [2.75, 3.05) is 53.0 Å². The molecule has 0 radical (unpaired) electrons. The molecule has 4 heteroatoms. The van der Waals surface area contributed by atoms with E-state index in [2.05, 4.69) is 44.5 Å². The average molecular weight is 312 g/mol. The third kappa shape index (κ3) is 6.15.